The third-order valence-corrected chi connectivity index (χ3v) is 4.05. The van der Waals surface area contributed by atoms with E-state index in [4.69, 9.17) is 4.52 Å². The summed E-state index contributed by atoms with van der Waals surface area (Å²) in [6.07, 6.45) is 5.17. The topological polar surface area (TPSA) is 80.9 Å². The summed E-state index contributed by atoms with van der Waals surface area (Å²) in [7, 11) is 0. The fraction of sp³-hybridized carbons (Fsp3) is 0.0476. The normalized spacial score (nSPS) is 10.5. The highest BCUT2D eigenvalue weighted by atomic mass is 16.5. The van der Waals surface area contributed by atoms with Crippen LogP contribution in [0, 0.1) is 0 Å². The molecule has 27 heavy (non-hydrogen) atoms. The molecule has 1 amide bonds. The van der Waals surface area contributed by atoms with E-state index in [0.29, 0.717) is 12.3 Å². The van der Waals surface area contributed by atoms with Gasteiger partial charge in [0.1, 0.15) is 0 Å². The number of nitrogens with one attached hydrogen (secondary N) is 1. The molecule has 0 spiro atoms. The predicted molar refractivity (Wildman–Crippen MR) is 101 cm³/mol. The second-order valence-electron chi connectivity index (χ2n) is 5.91. The van der Waals surface area contributed by atoms with Crippen LogP contribution in [0.5, 0.6) is 0 Å². The zero-order chi connectivity index (χ0) is 18.5. The smallest absolute Gasteiger partial charge is 0.273 e. The largest absolute Gasteiger partial charge is 0.355 e. The number of amides is 1. The van der Waals surface area contributed by atoms with Gasteiger partial charge in [-0.3, -0.25) is 14.8 Å². The van der Waals surface area contributed by atoms with E-state index in [-0.39, 0.29) is 11.6 Å². The molecule has 0 saturated heterocycles. The van der Waals surface area contributed by atoms with Gasteiger partial charge in [-0.1, -0.05) is 35.5 Å². The summed E-state index contributed by atoms with van der Waals surface area (Å²) in [5.41, 5.74) is 3.87. The molecule has 6 heteroatoms. The lowest BCUT2D eigenvalue weighted by molar-refractivity contribution is 0.0942. The lowest BCUT2D eigenvalue weighted by atomic mass is 10.1. The lowest BCUT2D eigenvalue weighted by Crippen LogP contribution is -2.23. The van der Waals surface area contributed by atoms with E-state index in [1.807, 2.05) is 54.6 Å². The molecule has 1 aromatic carbocycles. The van der Waals surface area contributed by atoms with Crippen molar-refractivity contribution in [3.8, 4) is 22.6 Å². The molecule has 6 nitrogen and oxygen atoms in total. The summed E-state index contributed by atoms with van der Waals surface area (Å²) in [6.45, 7) is 0.368. The number of benzene rings is 1. The van der Waals surface area contributed by atoms with Gasteiger partial charge in [-0.15, -0.1) is 0 Å². The van der Waals surface area contributed by atoms with Gasteiger partial charge in [-0.05, 0) is 29.8 Å². The zero-order valence-corrected chi connectivity index (χ0v) is 14.4. The van der Waals surface area contributed by atoms with Crippen LogP contribution in [-0.4, -0.2) is 21.0 Å². The van der Waals surface area contributed by atoms with Crippen molar-refractivity contribution in [2.24, 2.45) is 0 Å². The minimum Gasteiger partial charge on any atom is -0.355 e. The molecule has 0 radical (unpaired) electrons. The Bertz CT molecular complexity index is 1050. The van der Waals surface area contributed by atoms with Gasteiger partial charge in [0.25, 0.3) is 5.91 Å². The predicted octanol–water partition coefficient (Wildman–Crippen LogP) is 3.73. The van der Waals surface area contributed by atoms with E-state index >= 15 is 0 Å². The van der Waals surface area contributed by atoms with Gasteiger partial charge >= 0.3 is 0 Å². The van der Waals surface area contributed by atoms with Crippen molar-refractivity contribution in [3.05, 3.63) is 90.5 Å². The second-order valence-corrected chi connectivity index (χ2v) is 5.91. The van der Waals surface area contributed by atoms with E-state index in [0.717, 1.165) is 22.4 Å². The maximum Gasteiger partial charge on any atom is 0.273 e. The third-order valence-electron chi connectivity index (χ3n) is 4.05. The van der Waals surface area contributed by atoms with Crippen molar-refractivity contribution in [1.82, 2.24) is 20.4 Å². The molecule has 0 aliphatic carbocycles. The number of carbonyl (C=O) groups is 1. The number of hydrogen-bond acceptors (Lipinski definition) is 5. The standard InChI is InChI=1S/C21H16N4O2/c26-21(19-13-20(27-25-19)17-4-2-1-3-5-17)24-14-15-6-11-23-18(12-15)16-7-9-22-10-8-16/h1-13H,14H2,(H,24,26). The van der Waals surface area contributed by atoms with Crippen LogP contribution >= 0.6 is 0 Å². The van der Waals surface area contributed by atoms with Crippen LogP contribution in [-0.2, 0) is 6.54 Å². The summed E-state index contributed by atoms with van der Waals surface area (Å²) in [6, 6.07) is 18.8. The third kappa shape index (κ3) is 3.90. The molecular formula is C21H16N4O2. The summed E-state index contributed by atoms with van der Waals surface area (Å²) >= 11 is 0. The first-order valence-corrected chi connectivity index (χ1v) is 8.45. The Morgan fingerprint density at radius 3 is 2.56 bits per heavy atom. The van der Waals surface area contributed by atoms with Crippen molar-refractivity contribution in [2.45, 2.75) is 6.54 Å². The summed E-state index contributed by atoms with van der Waals surface area (Å²) in [5.74, 6) is 0.271. The van der Waals surface area contributed by atoms with Gasteiger partial charge < -0.3 is 9.84 Å². The van der Waals surface area contributed by atoms with Crippen molar-refractivity contribution in [3.63, 3.8) is 0 Å². The van der Waals surface area contributed by atoms with E-state index in [2.05, 4.69) is 20.4 Å². The fourth-order valence-electron chi connectivity index (χ4n) is 2.66. The van der Waals surface area contributed by atoms with Crippen LogP contribution < -0.4 is 5.32 Å². The SMILES string of the molecule is O=C(NCc1ccnc(-c2ccncc2)c1)c1cc(-c2ccccc2)on1. The monoisotopic (exact) mass is 356 g/mol. The Morgan fingerprint density at radius 2 is 1.74 bits per heavy atom. The van der Waals surface area contributed by atoms with Gasteiger partial charge in [-0.2, -0.15) is 0 Å². The first kappa shape index (κ1) is 16.7. The van der Waals surface area contributed by atoms with Crippen molar-refractivity contribution in [2.75, 3.05) is 0 Å². The summed E-state index contributed by atoms with van der Waals surface area (Å²) in [4.78, 5) is 20.7. The van der Waals surface area contributed by atoms with Crippen LogP contribution in [0.1, 0.15) is 16.1 Å². The molecule has 0 saturated carbocycles. The molecule has 4 rings (SSSR count). The molecule has 3 aromatic heterocycles. The molecule has 0 fully saturated rings. The number of pyridine rings is 2. The van der Waals surface area contributed by atoms with Gasteiger partial charge in [0, 0.05) is 42.3 Å². The van der Waals surface area contributed by atoms with Gasteiger partial charge in [0.15, 0.2) is 11.5 Å². The minimum absolute atomic E-state index is 0.247. The number of carbonyl (C=O) groups excluding carboxylic acids is 1. The number of aromatic nitrogens is 3. The number of nitrogens with zero attached hydrogens (tertiary/aromatic N) is 3. The maximum atomic E-state index is 12.4. The van der Waals surface area contributed by atoms with Gasteiger partial charge in [0.05, 0.1) is 5.69 Å². The van der Waals surface area contributed by atoms with E-state index < -0.39 is 0 Å². The van der Waals surface area contributed by atoms with Gasteiger partial charge in [0.2, 0.25) is 0 Å². The number of rotatable bonds is 5. The molecule has 1 N–H and O–H groups in total. The highest BCUT2D eigenvalue weighted by molar-refractivity contribution is 5.93. The van der Waals surface area contributed by atoms with Crippen LogP contribution in [0.3, 0.4) is 0 Å². The summed E-state index contributed by atoms with van der Waals surface area (Å²) < 4.78 is 5.27. The molecular weight excluding hydrogens is 340 g/mol. The Kier molecular flexibility index (Phi) is 4.70. The van der Waals surface area contributed by atoms with Crippen molar-refractivity contribution in [1.29, 1.82) is 0 Å². The molecule has 4 aromatic rings. The maximum absolute atomic E-state index is 12.4. The molecule has 3 heterocycles. The Morgan fingerprint density at radius 1 is 0.926 bits per heavy atom. The highest BCUT2D eigenvalue weighted by Crippen LogP contribution is 2.20. The Balaban J connectivity index is 1.43. The first-order valence-electron chi connectivity index (χ1n) is 8.45. The average Bonchev–Trinajstić information content (AvgIpc) is 3.24. The Labute approximate surface area is 155 Å². The van der Waals surface area contributed by atoms with Crippen LogP contribution in [0.4, 0.5) is 0 Å². The van der Waals surface area contributed by atoms with E-state index in [1.54, 1.807) is 24.7 Å². The fourth-order valence-corrected chi connectivity index (χ4v) is 2.66. The molecule has 132 valence electrons. The van der Waals surface area contributed by atoms with Crippen LogP contribution in [0.25, 0.3) is 22.6 Å². The molecule has 0 atom stereocenters. The Hall–Kier alpha value is -3.80. The van der Waals surface area contributed by atoms with Crippen molar-refractivity contribution >= 4 is 5.91 Å². The van der Waals surface area contributed by atoms with Crippen LogP contribution in [0.2, 0.25) is 0 Å². The quantitative estimate of drug-likeness (QED) is 0.589. The first-order chi connectivity index (χ1) is 13.3. The second kappa shape index (κ2) is 7.61. The van der Waals surface area contributed by atoms with E-state index in [9.17, 15) is 4.79 Å². The number of hydrogen-bond donors (Lipinski definition) is 1. The van der Waals surface area contributed by atoms with E-state index in [1.165, 1.54) is 0 Å². The molecule has 0 bridgehead atoms. The zero-order valence-electron chi connectivity index (χ0n) is 14.4. The molecule has 0 aliphatic rings. The van der Waals surface area contributed by atoms with Crippen LogP contribution in [0.15, 0.2) is 83.8 Å². The summed E-state index contributed by atoms with van der Waals surface area (Å²) in [5, 5.41) is 6.72. The minimum atomic E-state index is -0.289. The highest BCUT2D eigenvalue weighted by Gasteiger charge is 2.13. The molecule has 0 aliphatic heterocycles. The van der Waals surface area contributed by atoms with Gasteiger partial charge in [-0.25, -0.2) is 0 Å². The molecule has 0 unspecified atom stereocenters. The lowest BCUT2D eigenvalue weighted by Gasteiger charge is -2.05. The average molecular weight is 356 g/mol. The van der Waals surface area contributed by atoms with Crippen molar-refractivity contribution < 1.29 is 9.32 Å².